The van der Waals surface area contributed by atoms with E-state index in [-0.39, 0.29) is 5.91 Å². The van der Waals surface area contributed by atoms with Crippen molar-refractivity contribution in [2.24, 2.45) is 0 Å². The number of amides is 2. The molecule has 2 rings (SSSR count). The van der Waals surface area contributed by atoms with Gasteiger partial charge in [0.15, 0.2) is 0 Å². The number of hydrogen-bond donors (Lipinski definition) is 3. The summed E-state index contributed by atoms with van der Waals surface area (Å²) in [6.45, 7) is -0.437. The molecule has 0 heterocycles. The van der Waals surface area contributed by atoms with E-state index < -0.39 is 24.0 Å². The fourth-order valence-corrected chi connectivity index (χ4v) is 2.85. The zero-order valence-electron chi connectivity index (χ0n) is 13.6. The number of rotatable bonds is 6. The highest BCUT2D eigenvalue weighted by Crippen LogP contribution is 2.32. The minimum Gasteiger partial charge on any atom is -0.480 e. The summed E-state index contributed by atoms with van der Waals surface area (Å²) in [5.74, 6) is -1.76. The predicted molar refractivity (Wildman–Crippen MR) is 87.9 cm³/mol. The number of carbonyl (C=O) groups excluding carboxylic acids is 2. The second-order valence-corrected chi connectivity index (χ2v) is 5.87. The molecule has 1 fully saturated rings. The lowest BCUT2D eigenvalue weighted by Gasteiger charge is -2.34. The zero-order chi connectivity index (χ0) is 17.6. The van der Waals surface area contributed by atoms with Crippen LogP contribution in [0.1, 0.15) is 42.5 Å². The van der Waals surface area contributed by atoms with Crippen molar-refractivity contribution in [3.8, 4) is 0 Å². The van der Waals surface area contributed by atoms with Gasteiger partial charge in [0.05, 0.1) is 0 Å². The molecule has 0 aliphatic heterocycles. The summed E-state index contributed by atoms with van der Waals surface area (Å²) < 4.78 is 5.50. The second-order valence-electron chi connectivity index (χ2n) is 5.87. The van der Waals surface area contributed by atoms with Crippen LogP contribution >= 0.6 is 0 Å². The van der Waals surface area contributed by atoms with Gasteiger partial charge in [-0.2, -0.15) is 0 Å². The Labute approximate surface area is 140 Å². The molecule has 1 aliphatic rings. The molecule has 0 unspecified atom stereocenters. The van der Waals surface area contributed by atoms with Crippen LogP contribution in [0.4, 0.5) is 5.69 Å². The van der Waals surface area contributed by atoms with Crippen LogP contribution in [0.2, 0.25) is 0 Å². The first-order valence-electron chi connectivity index (χ1n) is 7.93. The fourth-order valence-electron chi connectivity index (χ4n) is 2.85. The van der Waals surface area contributed by atoms with Gasteiger partial charge in [0, 0.05) is 18.4 Å². The number of nitrogens with one attached hydrogen (secondary N) is 2. The lowest BCUT2D eigenvalue weighted by molar-refractivity contribution is -0.141. The van der Waals surface area contributed by atoms with Gasteiger partial charge >= 0.3 is 5.97 Å². The van der Waals surface area contributed by atoms with Crippen LogP contribution < -0.4 is 10.6 Å². The van der Waals surface area contributed by atoms with E-state index in [1.165, 1.54) is 12.1 Å². The Bertz CT molecular complexity index is 606. The Balaban J connectivity index is 1.99. The molecular weight excluding hydrogens is 312 g/mol. The third-order valence-electron chi connectivity index (χ3n) is 4.27. The molecule has 0 saturated heterocycles. The van der Waals surface area contributed by atoms with Gasteiger partial charge in [0.1, 0.15) is 12.1 Å². The van der Waals surface area contributed by atoms with Crippen molar-refractivity contribution < 1.29 is 24.2 Å². The molecule has 130 valence electrons. The Morgan fingerprint density at radius 2 is 1.75 bits per heavy atom. The molecule has 0 bridgehead atoms. The van der Waals surface area contributed by atoms with Crippen LogP contribution in [0.3, 0.4) is 0 Å². The number of carbonyl (C=O) groups is 3. The second kappa shape index (κ2) is 7.92. The molecule has 24 heavy (non-hydrogen) atoms. The molecular formula is C17H22N2O5. The van der Waals surface area contributed by atoms with Gasteiger partial charge in [0.25, 0.3) is 11.8 Å². The number of ether oxygens (including phenoxy) is 1. The van der Waals surface area contributed by atoms with E-state index in [2.05, 4.69) is 10.6 Å². The molecule has 0 spiro atoms. The summed E-state index contributed by atoms with van der Waals surface area (Å²) in [4.78, 5) is 34.7. The van der Waals surface area contributed by atoms with Crippen LogP contribution in [0, 0.1) is 0 Å². The van der Waals surface area contributed by atoms with Gasteiger partial charge in [-0.3, -0.25) is 14.4 Å². The van der Waals surface area contributed by atoms with Gasteiger partial charge in [-0.05, 0) is 37.1 Å². The number of carboxylic acid groups (broad SMARTS) is 1. The predicted octanol–water partition coefficient (Wildman–Crippen LogP) is 1.79. The number of hydrogen-bond acceptors (Lipinski definition) is 4. The number of benzene rings is 1. The minimum absolute atomic E-state index is 0.173. The van der Waals surface area contributed by atoms with Crippen molar-refractivity contribution in [3.63, 3.8) is 0 Å². The molecule has 3 N–H and O–H groups in total. The smallest absolute Gasteiger partial charge is 0.322 e. The normalized spacial score (nSPS) is 16.2. The maximum Gasteiger partial charge on any atom is 0.322 e. The van der Waals surface area contributed by atoms with Crippen LogP contribution in [-0.2, 0) is 14.3 Å². The first-order chi connectivity index (χ1) is 11.5. The Kier molecular flexibility index (Phi) is 5.92. The van der Waals surface area contributed by atoms with Gasteiger partial charge in [-0.25, -0.2) is 0 Å². The first-order valence-corrected chi connectivity index (χ1v) is 7.93. The highest BCUT2D eigenvalue weighted by Gasteiger charge is 2.39. The quantitative estimate of drug-likeness (QED) is 0.735. The SMILES string of the molecule is COC1(C(=O)Nc2ccc(C(=O)NCC(=O)O)cc2)CCCCC1. The number of carboxylic acids is 1. The molecule has 2 amide bonds. The Morgan fingerprint density at radius 1 is 1.12 bits per heavy atom. The Hall–Kier alpha value is -2.41. The average molecular weight is 334 g/mol. The third-order valence-corrected chi connectivity index (χ3v) is 4.27. The molecule has 1 aromatic rings. The van der Waals surface area contributed by atoms with Gasteiger partial charge in [0.2, 0.25) is 0 Å². The van der Waals surface area contributed by atoms with E-state index in [1.807, 2.05) is 0 Å². The van der Waals surface area contributed by atoms with Crippen LogP contribution in [0.5, 0.6) is 0 Å². The molecule has 0 radical (unpaired) electrons. The van der Waals surface area contributed by atoms with Crippen LogP contribution in [0.25, 0.3) is 0 Å². The topological polar surface area (TPSA) is 105 Å². The Morgan fingerprint density at radius 3 is 2.29 bits per heavy atom. The van der Waals surface area contributed by atoms with Gasteiger partial charge in [-0.15, -0.1) is 0 Å². The third kappa shape index (κ3) is 4.32. The number of aliphatic carboxylic acids is 1. The lowest BCUT2D eigenvalue weighted by Crippen LogP contribution is -2.46. The molecule has 7 heteroatoms. The van der Waals surface area contributed by atoms with Crippen molar-refractivity contribution in [2.75, 3.05) is 19.0 Å². The van der Waals surface area contributed by atoms with E-state index in [0.29, 0.717) is 24.1 Å². The fraction of sp³-hybridized carbons (Fsp3) is 0.471. The van der Waals surface area contributed by atoms with Crippen molar-refractivity contribution in [2.45, 2.75) is 37.7 Å². The molecule has 1 saturated carbocycles. The number of anilines is 1. The van der Waals surface area contributed by atoms with E-state index >= 15 is 0 Å². The maximum absolute atomic E-state index is 12.5. The summed E-state index contributed by atoms with van der Waals surface area (Å²) in [6.07, 6.45) is 4.43. The first kappa shape index (κ1) is 17.9. The highest BCUT2D eigenvalue weighted by molar-refractivity contribution is 5.99. The van der Waals surface area contributed by atoms with Crippen LogP contribution in [0.15, 0.2) is 24.3 Å². The lowest BCUT2D eigenvalue weighted by atomic mass is 9.84. The van der Waals surface area contributed by atoms with Crippen molar-refractivity contribution in [1.82, 2.24) is 5.32 Å². The largest absolute Gasteiger partial charge is 0.480 e. The highest BCUT2D eigenvalue weighted by atomic mass is 16.5. The summed E-state index contributed by atoms with van der Waals surface area (Å²) in [5.41, 5.74) is 0.112. The summed E-state index contributed by atoms with van der Waals surface area (Å²) in [6, 6.07) is 6.29. The number of methoxy groups -OCH3 is 1. The van der Waals surface area contributed by atoms with Crippen molar-refractivity contribution >= 4 is 23.5 Å². The minimum atomic E-state index is -1.11. The van der Waals surface area contributed by atoms with Crippen molar-refractivity contribution in [3.05, 3.63) is 29.8 Å². The molecule has 0 atom stereocenters. The molecule has 1 aliphatic carbocycles. The van der Waals surface area contributed by atoms with Crippen molar-refractivity contribution in [1.29, 1.82) is 0 Å². The average Bonchev–Trinajstić information content (AvgIpc) is 2.60. The zero-order valence-corrected chi connectivity index (χ0v) is 13.6. The van der Waals surface area contributed by atoms with Gasteiger partial charge < -0.3 is 20.5 Å². The van der Waals surface area contributed by atoms with E-state index in [1.54, 1.807) is 19.2 Å². The van der Waals surface area contributed by atoms with E-state index in [4.69, 9.17) is 9.84 Å². The molecule has 1 aromatic carbocycles. The molecule has 0 aromatic heterocycles. The summed E-state index contributed by atoms with van der Waals surface area (Å²) >= 11 is 0. The summed E-state index contributed by atoms with van der Waals surface area (Å²) in [7, 11) is 1.56. The van der Waals surface area contributed by atoms with Gasteiger partial charge in [-0.1, -0.05) is 19.3 Å². The monoisotopic (exact) mass is 334 g/mol. The molecule has 7 nitrogen and oxygen atoms in total. The maximum atomic E-state index is 12.5. The van der Waals surface area contributed by atoms with E-state index in [0.717, 1.165) is 19.3 Å². The van der Waals surface area contributed by atoms with E-state index in [9.17, 15) is 14.4 Å². The standard InChI is InChI=1S/C17H22N2O5/c1-24-17(9-3-2-4-10-17)16(23)19-13-7-5-12(6-8-13)15(22)18-11-14(20)21/h5-8H,2-4,9-11H2,1H3,(H,18,22)(H,19,23)(H,20,21). The van der Waals surface area contributed by atoms with Crippen LogP contribution in [-0.4, -0.2) is 42.1 Å². The summed E-state index contributed by atoms with van der Waals surface area (Å²) in [5, 5.41) is 13.7.